The van der Waals surface area contributed by atoms with Crippen LogP contribution in [-0.2, 0) is 13.0 Å². The predicted octanol–water partition coefficient (Wildman–Crippen LogP) is 3.11. The molecule has 2 aromatic carbocycles. The number of aromatic nitrogens is 2. The van der Waals surface area contributed by atoms with Crippen LogP contribution >= 0.6 is 0 Å². The summed E-state index contributed by atoms with van der Waals surface area (Å²) in [4.78, 5) is 31.4. The Morgan fingerprint density at radius 1 is 1.11 bits per heavy atom. The molecular weight excluding hydrogens is 354 g/mol. The van der Waals surface area contributed by atoms with Gasteiger partial charge in [0.2, 0.25) is 5.88 Å². The molecule has 0 bridgehead atoms. The summed E-state index contributed by atoms with van der Waals surface area (Å²) in [5.41, 5.74) is 3.21. The highest BCUT2D eigenvalue weighted by molar-refractivity contribution is 6.21. The molecule has 0 saturated heterocycles. The van der Waals surface area contributed by atoms with Crippen molar-refractivity contribution >= 4 is 23.6 Å². The number of aliphatic imine (C=N–C) groups is 1. The molecule has 3 aromatic rings. The Labute approximate surface area is 161 Å². The summed E-state index contributed by atoms with van der Waals surface area (Å²) in [6.07, 6.45) is 4.10. The maximum atomic E-state index is 12.4. The molecule has 2 heterocycles. The third kappa shape index (κ3) is 3.09. The molecule has 0 aliphatic carbocycles. The zero-order chi connectivity index (χ0) is 19.7. The van der Waals surface area contributed by atoms with E-state index in [9.17, 15) is 14.7 Å². The van der Waals surface area contributed by atoms with Crippen molar-refractivity contribution < 1.29 is 5.11 Å². The van der Waals surface area contributed by atoms with Gasteiger partial charge in [-0.15, -0.1) is 0 Å². The van der Waals surface area contributed by atoms with Crippen molar-refractivity contribution in [3.63, 3.8) is 0 Å². The summed E-state index contributed by atoms with van der Waals surface area (Å²) in [6.45, 7) is 2.21. The molecule has 0 amide bonds. The lowest BCUT2D eigenvalue weighted by Crippen LogP contribution is -2.31. The molecule has 2 N–H and O–H groups in total. The summed E-state index contributed by atoms with van der Waals surface area (Å²) in [7, 11) is 0. The second-order valence-corrected chi connectivity index (χ2v) is 6.59. The fraction of sp³-hybridized carbons (Fsp3) is 0.136. The standard InChI is InChI=1S/C22H19N3O3/c1-2-15-9-6-10-17-16(12-23-19(15)17)11-18-20(26)24-22(28)25(21(18)27)13-14-7-4-3-5-8-14/h3-12,27H,2,13H2,1H3,(H,24,26,28)/b16-11+. The van der Waals surface area contributed by atoms with Crippen molar-refractivity contribution in [1.82, 2.24) is 9.55 Å². The lowest BCUT2D eigenvalue weighted by atomic mass is 10.0. The van der Waals surface area contributed by atoms with Gasteiger partial charge in [-0.25, -0.2) is 4.79 Å². The molecule has 6 nitrogen and oxygen atoms in total. The van der Waals surface area contributed by atoms with Gasteiger partial charge in [0, 0.05) is 17.4 Å². The Morgan fingerprint density at radius 3 is 2.64 bits per heavy atom. The minimum absolute atomic E-state index is 0.0340. The van der Waals surface area contributed by atoms with Crippen LogP contribution in [0.3, 0.4) is 0 Å². The number of aromatic hydroxyl groups is 1. The Morgan fingerprint density at radius 2 is 1.89 bits per heavy atom. The molecule has 28 heavy (non-hydrogen) atoms. The number of para-hydroxylation sites is 1. The first-order valence-electron chi connectivity index (χ1n) is 9.06. The first-order chi connectivity index (χ1) is 13.6. The third-order valence-corrected chi connectivity index (χ3v) is 4.83. The highest BCUT2D eigenvalue weighted by Crippen LogP contribution is 2.36. The van der Waals surface area contributed by atoms with Crippen molar-refractivity contribution in [2.45, 2.75) is 19.9 Å². The van der Waals surface area contributed by atoms with Gasteiger partial charge < -0.3 is 5.11 Å². The van der Waals surface area contributed by atoms with Crippen LogP contribution in [0, 0.1) is 0 Å². The fourth-order valence-corrected chi connectivity index (χ4v) is 3.35. The van der Waals surface area contributed by atoms with Gasteiger partial charge in [-0.1, -0.05) is 55.5 Å². The van der Waals surface area contributed by atoms with Gasteiger partial charge in [-0.05, 0) is 23.6 Å². The Kier molecular flexibility index (Phi) is 4.53. The zero-order valence-corrected chi connectivity index (χ0v) is 15.3. The van der Waals surface area contributed by atoms with E-state index >= 15 is 0 Å². The van der Waals surface area contributed by atoms with Crippen LogP contribution in [0.5, 0.6) is 5.88 Å². The van der Waals surface area contributed by atoms with Crippen molar-refractivity contribution in [2.24, 2.45) is 4.99 Å². The topological polar surface area (TPSA) is 87.4 Å². The normalized spacial score (nSPS) is 13.8. The van der Waals surface area contributed by atoms with E-state index < -0.39 is 11.2 Å². The van der Waals surface area contributed by atoms with E-state index in [0.29, 0.717) is 0 Å². The number of fused-ring (bicyclic) bond motifs is 1. The average Bonchev–Trinajstić information content (AvgIpc) is 3.12. The van der Waals surface area contributed by atoms with Crippen molar-refractivity contribution in [3.05, 3.63) is 91.6 Å². The average molecular weight is 373 g/mol. The quantitative estimate of drug-likeness (QED) is 0.737. The molecule has 0 radical (unpaired) electrons. The van der Waals surface area contributed by atoms with E-state index in [1.165, 1.54) is 0 Å². The van der Waals surface area contributed by atoms with Crippen LogP contribution < -0.4 is 11.2 Å². The number of H-pyrrole nitrogens is 1. The minimum Gasteiger partial charge on any atom is -0.494 e. The van der Waals surface area contributed by atoms with Crippen molar-refractivity contribution in [2.75, 3.05) is 0 Å². The van der Waals surface area contributed by atoms with Crippen LogP contribution in [0.1, 0.15) is 29.2 Å². The van der Waals surface area contributed by atoms with E-state index in [0.717, 1.165) is 38.9 Å². The number of benzene rings is 2. The molecule has 4 rings (SSSR count). The molecule has 0 fully saturated rings. The highest BCUT2D eigenvalue weighted by Gasteiger charge is 2.18. The molecule has 140 valence electrons. The van der Waals surface area contributed by atoms with Crippen molar-refractivity contribution in [3.8, 4) is 5.88 Å². The van der Waals surface area contributed by atoms with Gasteiger partial charge in [0.25, 0.3) is 5.56 Å². The number of hydrogen-bond donors (Lipinski definition) is 2. The second kappa shape index (κ2) is 7.15. The van der Waals surface area contributed by atoms with Crippen LogP contribution in [0.25, 0.3) is 11.6 Å². The van der Waals surface area contributed by atoms with Crippen LogP contribution in [0.4, 0.5) is 5.69 Å². The minimum atomic E-state index is -0.651. The first-order valence-corrected chi connectivity index (χ1v) is 9.06. The van der Waals surface area contributed by atoms with Crippen LogP contribution in [0.15, 0.2) is 63.1 Å². The van der Waals surface area contributed by atoms with Gasteiger partial charge in [-0.3, -0.25) is 19.3 Å². The van der Waals surface area contributed by atoms with Crippen LogP contribution in [-0.4, -0.2) is 20.9 Å². The third-order valence-electron chi connectivity index (χ3n) is 4.83. The van der Waals surface area contributed by atoms with Gasteiger partial charge in [0.15, 0.2) is 0 Å². The largest absolute Gasteiger partial charge is 0.494 e. The van der Waals surface area contributed by atoms with E-state index in [-0.39, 0.29) is 18.0 Å². The summed E-state index contributed by atoms with van der Waals surface area (Å²) in [5.74, 6) is -0.362. The first kappa shape index (κ1) is 17.7. The smallest absolute Gasteiger partial charge is 0.331 e. The highest BCUT2D eigenvalue weighted by atomic mass is 16.3. The molecular formula is C22H19N3O3. The van der Waals surface area contributed by atoms with Gasteiger partial charge in [-0.2, -0.15) is 0 Å². The Bertz CT molecular complexity index is 1220. The number of aryl methyl sites for hydroxylation is 1. The molecule has 1 aliphatic rings. The van der Waals surface area contributed by atoms with Gasteiger partial charge in [0.1, 0.15) is 5.56 Å². The molecule has 0 unspecified atom stereocenters. The maximum Gasteiger partial charge on any atom is 0.331 e. The fourth-order valence-electron chi connectivity index (χ4n) is 3.35. The maximum absolute atomic E-state index is 12.4. The SMILES string of the molecule is CCc1cccc2c1N=C/C2=C\c1c(O)n(Cc2ccccc2)c(=O)[nH]c1=O. The lowest BCUT2D eigenvalue weighted by Gasteiger charge is -2.10. The number of rotatable bonds is 4. The molecule has 0 saturated carbocycles. The van der Waals surface area contributed by atoms with Crippen molar-refractivity contribution in [1.29, 1.82) is 0 Å². The molecule has 1 aliphatic heterocycles. The van der Waals surface area contributed by atoms with E-state index in [1.807, 2.05) is 48.5 Å². The van der Waals surface area contributed by atoms with Gasteiger partial charge in [0.05, 0.1) is 12.2 Å². The number of nitrogens with one attached hydrogen (secondary N) is 1. The lowest BCUT2D eigenvalue weighted by molar-refractivity contribution is 0.408. The molecule has 1 aromatic heterocycles. The number of allylic oxidation sites excluding steroid dienone is 1. The number of nitrogens with zero attached hydrogens (tertiary/aromatic N) is 2. The number of hydrogen-bond acceptors (Lipinski definition) is 4. The Hall–Kier alpha value is -3.67. The monoisotopic (exact) mass is 373 g/mol. The van der Waals surface area contributed by atoms with E-state index in [2.05, 4.69) is 16.9 Å². The summed E-state index contributed by atoms with van der Waals surface area (Å²) < 4.78 is 1.15. The summed E-state index contributed by atoms with van der Waals surface area (Å²) >= 11 is 0. The molecule has 0 atom stereocenters. The van der Waals surface area contributed by atoms with E-state index in [4.69, 9.17) is 0 Å². The molecule has 6 heteroatoms. The summed E-state index contributed by atoms with van der Waals surface area (Å²) in [6, 6.07) is 15.2. The van der Waals surface area contributed by atoms with Gasteiger partial charge >= 0.3 is 5.69 Å². The second-order valence-electron chi connectivity index (χ2n) is 6.59. The van der Waals surface area contributed by atoms with Crippen LogP contribution in [0.2, 0.25) is 0 Å². The Balaban J connectivity index is 1.82. The predicted molar refractivity (Wildman–Crippen MR) is 110 cm³/mol. The zero-order valence-electron chi connectivity index (χ0n) is 15.3. The van der Waals surface area contributed by atoms with E-state index in [1.54, 1.807) is 12.3 Å². The summed E-state index contributed by atoms with van der Waals surface area (Å²) in [5, 5.41) is 10.7. The number of aromatic amines is 1. The molecule has 0 spiro atoms.